The van der Waals surface area contributed by atoms with E-state index in [4.69, 9.17) is 15.5 Å². The van der Waals surface area contributed by atoms with E-state index in [1.165, 1.54) is 43.4 Å². The monoisotopic (exact) mass is 261 g/mol. The Hall–Kier alpha value is -1.16. The molecular formula is C15H23N3O. The molecule has 0 saturated heterocycles. The van der Waals surface area contributed by atoms with Crippen LogP contribution in [0.4, 0.5) is 5.82 Å². The Balaban J connectivity index is 1.93. The Morgan fingerprint density at radius 1 is 1.21 bits per heavy atom. The van der Waals surface area contributed by atoms with Crippen molar-refractivity contribution in [3.63, 3.8) is 0 Å². The molecule has 104 valence electrons. The number of nitrogen functional groups attached to an aromatic ring is 1. The number of fused-ring (bicyclic) bond motifs is 1. The van der Waals surface area contributed by atoms with Crippen LogP contribution in [0.2, 0.25) is 0 Å². The molecule has 0 radical (unpaired) electrons. The van der Waals surface area contributed by atoms with Gasteiger partial charge in [-0.2, -0.15) is 0 Å². The molecule has 0 bridgehead atoms. The second kappa shape index (κ2) is 5.45. The fraction of sp³-hybridized carbons (Fsp3) is 0.733. The largest absolute Gasteiger partial charge is 0.383 e. The van der Waals surface area contributed by atoms with Gasteiger partial charge in [0.25, 0.3) is 0 Å². The fourth-order valence-corrected chi connectivity index (χ4v) is 2.95. The number of nitrogens with zero attached hydrogens (tertiary/aromatic N) is 2. The molecular weight excluding hydrogens is 238 g/mol. The van der Waals surface area contributed by atoms with Crippen molar-refractivity contribution in [2.45, 2.75) is 58.0 Å². The molecule has 1 unspecified atom stereocenters. The molecule has 1 fully saturated rings. The number of anilines is 1. The molecule has 1 saturated carbocycles. The van der Waals surface area contributed by atoms with Crippen LogP contribution in [0.25, 0.3) is 0 Å². The first-order chi connectivity index (χ1) is 9.29. The number of hydrogen-bond acceptors (Lipinski definition) is 4. The third-order valence-corrected chi connectivity index (χ3v) is 4.13. The molecule has 1 aromatic heterocycles. The van der Waals surface area contributed by atoms with Gasteiger partial charge in [-0.05, 0) is 51.4 Å². The van der Waals surface area contributed by atoms with Gasteiger partial charge in [0.2, 0.25) is 0 Å². The van der Waals surface area contributed by atoms with Gasteiger partial charge in [0.1, 0.15) is 11.9 Å². The SMILES string of the molecule is CCOC(c1nc(N)c2c(n1)CCCCC2)C1CC1. The zero-order valence-corrected chi connectivity index (χ0v) is 11.7. The molecule has 4 heteroatoms. The van der Waals surface area contributed by atoms with E-state index < -0.39 is 0 Å². The van der Waals surface area contributed by atoms with E-state index in [1.54, 1.807) is 0 Å². The van der Waals surface area contributed by atoms with Crippen LogP contribution in [-0.4, -0.2) is 16.6 Å². The normalized spacial score (nSPS) is 20.7. The van der Waals surface area contributed by atoms with Crippen LogP contribution in [0, 0.1) is 5.92 Å². The average molecular weight is 261 g/mol. The van der Waals surface area contributed by atoms with Crippen LogP contribution in [0.1, 0.15) is 62.2 Å². The highest BCUT2D eigenvalue weighted by atomic mass is 16.5. The first-order valence-electron chi connectivity index (χ1n) is 7.56. The van der Waals surface area contributed by atoms with Crippen LogP contribution in [-0.2, 0) is 17.6 Å². The quantitative estimate of drug-likeness (QED) is 0.847. The minimum absolute atomic E-state index is 0.0563. The predicted octanol–water partition coefficient (Wildman–Crippen LogP) is 2.82. The minimum atomic E-state index is 0.0563. The molecule has 0 aliphatic heterocycles. The number of ether oxygens (including phenoxy) is 1. The van der Waals surface area contributed by atoms with E-state index in [0.29, 0.717) is 18.3 Å². The minimum Gasteiger partial charge on any atom is -0.383 e. The van der Waals surface area contributed by atoms with E-state index in [1.807, 2.05) is 6.92 Å². The Bertz CT molecular complexity index is 457. The van der Waals surface area contributed by atoms with E-state index in [2.05, 4.69) is 4.98 Å². The average Bonchev–Trinajstić information content (AvgIpc) is 3.22. The molecule has 0 spiro atoms. The summed E-state index contributed by atoms with van der Waals surface area (Å²) in [6, 6.07) is 0. The fourth-order valence-electron chi connectivity index (χ4n) is 2.95. The lowest BCUT2D eigenvalue weighted by molar-refractivity contribution is 0.0399. The molecule has 1 heterocycles. The van der Waals surface area contributed by atoms with E-state index in [-0.39, 0.29) is 6.10 Å². The summed E-state index contributed by atoms with van der Waals surface area (Å²) in [4.78, 5) is 9.35. The summed E-state index contributed by atoms with van der Waals surface area (Å²) in [5, 5.41) is 0. The Kier molecular flexibility index (Phi) is 3.69. The Labute approximate surface area is 114 Å². The third-order valence-electron chi connectivity index (χ3n) is 4.13. The molecule has 2 aliphatic rings. The highest BCUT2D eigenvalue weighted by molar-refractivity contribution is 5.43. The zero-order chi connectivity index (χ0) is 13.2. The highest BCUT2D eigenvalue weighted by Crippen LogP contribution is 2.42. The number of aryl methyl sites for hydroxylation is 1. The van der Waals surface area contributed by atoms with Gasteiger partial charge in [-0.15, -0.1) is 0 Å². The van der Waals surface area contributed by atoms with Crippen molar-refractivity contribution >= 4 is 5.82 Å². The van der Waals surface area contributed by atoms with Crippen molar-refractivity contribution in [1.29, 1.82) is 0 Å². The summed E-state index contributed by atoms with van der Waals surface area (Å²) in [5.74, 6) is 2.11. The molecule has 0 aromatic carbocycles. The summed E-state index contributed by atoms with van der Waals surface area (Å²) in [7, 11) is 0. The van der Waals surface area contributed by atoms with Gasteiger partial charge in [-0.3, -0.25) is 0 Å². The van der Waals surface area contributed by atoms with Gasteiger partial charge in [-0.25, -0.2) is 9.97 Å². The topological polar surface area (TPSA) is 61.0 Å². The van der Waals surface area contributed by atoms with Crippen molar-refractivity contribution in [2.24, 2.45) is 5.92 Å². The Morgan fingerprint density at radius 2 is 2.00 bits per heavy atom. The van der Waals surface area contributed by atoms with Crippen LogP contribution in [0.15, 0.2) is 0 Å². The van der Waals surface area contributed by atoms with Crippen molar-refractivity contribution in [2.75, 3.05) is 12.3 Å². The first kappa shape index (κ1) is 12.9. The van der Waals surface area contributed by atoms with Crippen LogP contribution in [0.3, 0.4) is 0 Å². The number of aromatic nitrogens is 2. The van der Waals surface area contributed by atoms with Crippen LogP contribution in [0.5, 0.6) is 0 Å². The molecule has 19 heavy (non-hydrogen) atoms. The maximum absolute atomic E-state index is 6.16. The van der Waals surface area contributed by atoms with Gasteiger partial charge >= 0.3 is 0 Å². The molecule has 4 nitrogen and oxygen atoms in total. The maximum Gasteiger partial charge on any atom is 0.160 e. The molecule has 0 amide bonds. The van der Waals surface area contributed by atoms with Gasteiger partial charge < -0.3 is 10.5 Å². The number of hydrogen-bond donors (Lipinski definition) is 1. The van der Waals surface area contributed by atoms with E-state index in [0.717, 1.165) is 18.7 Å². The standard InChI is InChI=1S/C15H23N3O/c1-2-19-13(10-8-9-10)15-17-12-7-5-3-4-6-11(12)14(16)18-15/h10,13H,2-9H2,1H3,(H2,16,17,18). The van der Waals surface area contributed by atoms with Crippen molar-refractivity contribution in [1.82, 2.24) is 9.97 Å². The lowest BCUT2D eigenvalue weighted by atomic mass is 10.1. The Morgan fingerprint density at radius 3 is 2.74 bits per heavy atom. The van der Waals surface area contributed by atoms with Gasteiger partial charge in [-0.1, -0.05) is 6.42 Å². The van der Waals surface area contributed by atoms with Crippen molar-refractivity contribution in [3.05, 3.63) is 17.1 Å². The smallest absolute Gasteiger partial charge is 0.160 e. The van der Waals surface area contributed by atoms with E-state index >= 15 is 0 Å². The van der Waals surface area contributed by atoms with E-state index in [9.17, 15) is 0 Å². The lowest BCUT2D eigenvalue weighted by Crippen LogP contribution is -2.15. The van der Waals surface area contributed by atoms with Gasteiger partial charge in [0, 0.05) is 17.9 Å². The first-order valence-corrected chi connectivity index (χ1v) is 7.56. The number of rotatable bonds is 4. The number of nitrogens with two attached hydrogens (primary N) is 1. The zero-order valence-electron chi connectivity index (χ0n) is 11.7. The summed E-state index contributed by atoms with van der Waals surface area (Å²) >= 11 is 0. The molecule has 1 aromatic rings. The van der Waals surface area contributed by atoms with Gasteiger partial charge in [0.15, 0.2) is 5.82 Å². The van der Waals surface area contributed by atoms with Crippen LogP contribution >= 0.6 is 0 Å². The lowest BCUT2D eigenvalue weighted by Gasteiger charge is -2.18. The summed E-state index contributed by atoms with van der Waals surface area (Å²) < 4.78 is 5.85. The van der Waals surface area contributed by atoms with Gasteiger partial charge in [0.05, 0.1) is 0 Å². The second-order valence-corrected chi connectivity index (χ2v) is 5.67. The third kappa shape index (κ3) is 2.73. The van der Waals surface area contributed by atoms with Crippen LogP contribution < -0.4 is 5.73 Å². The second-order valence-electron chi connectivity index (χ2n) is 5.67. The predicted molar refractivity (Wildman–Crippen MR) is 74.8 cm³/mol. The molecule has 1 atom stereocenters. The van der Waals surface area contributed by atoms with Crippen molar-refractivity contribution < 1.29 is 4.74 Å². The van der Waals surface area contributed by atoms with Crippen molar-refractivity contribution in [3.8, 4) is 0 Å². The molecule has 3 rings (SSSR count). The summed E-state index contributed by atoms with van der Waals surface area (Å²) in [6.45, 7) is 2.74. The summed E-state index contributed by atoms with van der Waals surface area (Å²) in [6.07, 6.45) is 8.27. The molecule has 2 N–H and O–H groups in total. The highest BCUT2D eigenvalue weighted by Gasteiger charge is 2.35. The molecule has 2 aliphatic carbocycles. The summed E-state index contributed by atoms with van der Waals surface area (Å²) in [5.41, 5.74) is 8.52. The maximum atomic E-state index is 6.16.